The number of hydrogen-bond donors (Lipinski definition) is 0. The van der Waals surface area contributed by atoms with Gasteiger partial charge in [-0.15, -0.1) is 6.58 Å². The molecule has 2 rings (SSSR count). The van der Waals surface area contributed by atoms with Crippen LogP contribution in [-0.2, 0) is 9.53 Å². The Morgan fingerprint density at radius 3 is 2.76 bits per heavy atom. The molecule has 0 aromatic heterocycles. The van der Waals surface area contributed by atoms with Crippen molar-refractivity contribution >= 4 is 5.91 Å². The van der Waals surface area contributed by atoms with E-state index in [1.54, 1.807) is 0 Å². The molecule has 0 bridgehead atoms. The molecule has 17 heavy (non-hydrogen) atoms. The standard InChI is InChI=1S/C13H22N2O2/c1-2-12-10-13(16)15(11-12)5-3-4-14-6-8-17-9-7-14/h2,12H,1,3-11H2. The molecule has 1 atom stereocenters. The molecule has 4 heteroatoms. The van der Waals surface area contributed by atoms with Crippen LogP contribution in [0.25, 0.3) is 0 Å². The first-order chi connectivity index (χ1) is 8.29. The molecule has 2 heterocycles. The number of morpholine rings is 1. The van der Waals surface area contributed by atoms with Crippen LogP contribution in [0.5, 0.6) is 0 Å². The lowest BCUT2D eigenvalue weighted by molar-refractivity contribution is -0.127. The number of ether oxygens (including phenoxy) is 1. The number of carbonyl (C=O) groups is 1. The van der Waals surface area contributed by atoms with E-state index in [9.17, 15) is 4.79 Å². The summed E-state index contributed by atoms with van der Waals surface area (Å²) in [5.74, 6) is 0.655. The molecule has 0 aromatic carbocycles. The topological polar surface area (TPSA) is 32.8 Å². The van der Waals surface area contributed by atoms with Crippen LogP contribution in [0.15, 0.2) is 12.7 Å². The summed E-state index contributed by atoms with van der Waals surface area (Å²) in [6.45, 7) is 10.4. The molecule has 0 saturated carbocycles. The fraction of sp³-hybridized carbons (Fsp3) is 0.769. The van der Waals surface area contributed by atoms with Gasteiger partial charge in [0, 0.05) is 45.1 Å². The third kappa shape index (κ3) is 3.54. The number of likely N-dealkylation sites (tertiary alicyclic amines) is 1. The van der Waals surface area contributed by atoms with Crippen LogP contribution in [0.1, 0.15) is 12.8 Å². The van der Waals surface area contributed by atoms with E-state index in [0.717, 1.165) is 52.4 Å². The molecule has 2 aliphatic heterocycles. The monoisotopic (exact) mass is 238 g/mol. The second-order valence-corrected chi connectivity index (χ2v) is 4.85. The van der Waals surface area contributed by atoms with Crippen LogP contribution in [0, 0.1) is 5.92 Å². The largest absolute Gasteiger partial charge is 0.379 e. The minimum atomic E-state index is 0.289. The minimum absolute atomic E-state index is 0.289. The van der Waals surface area contributed by atoms with Gasteiger partial charge in [-0.2, -0.15) is 0 Å². The molecule has 0 radical (unpaired) electrons. The van der Waals surface area contributed by atoms with Crippen molar-refractivity contribution in [2.24, 2.45) is 5.92 Å². The summed E-state index contributed by atoms with van der Waals surface area (Å²) in [7, 11) is 0. The van der Waals surface area contributed by atoms with E-state index in [0.29, 0.717) is 12.3 Å². The smallest absolute Gasteiger partial charge is 0.223 e. The fourth-order valence-electron chi connectivity index (χ4n) is 2.49. The Kier molecular flexibility index (Phi) is 4.57. The first-order valence-corrected chi connectivity index (χ1v) is 6.50. The van der Waals surface area contributed by atoms with E-state index < -0.39 is 0 Å². The van der Waals surface area contributed by atoms with Crippen molar-refractivity contribution in [3.63, 3.8) is 0 Å². The SMILES string of the molecule is C=CC1CC(=O)N(CCCN2CCOCC2)C1. The van der Waals surface area contributed by atoms with Gasteiger partial charge in [0.25, 0.3) is 0 Å². The second kappa shape index (κ2) is 6.17. The molecule has 1 amide bonds. The lowest BCUT2D eigenvalue weighted by Gasteiger charge is -2.27. The van der Waals surface area contributed by atoms with Gasteiger partial charge < -0.3 is 9.64 Å². The molecule has 0 spiro atoms. The highest BCUT2D eigenvalue weighted by atomic mass is 16.5. The Hall–Kier alpha value is -0.870. The third-order valence-electron chi connectivity index (χ3n) is 3.58. The average Bonchev–Trinajstić information content (AvgIpc) is 2.72. The molecule has 2 aliphatic rings. The van der Waals surface area contributed by atoms with Gasteiger partial charge >= 0.3 is 0 Å². The van der Waals surface area contributed by atoms with Crippen molar-refractivity contribution in [2.45, 2.75) is 12.8 Å². The number of rotatable bonds is 5. The Balaban J connectivity index is 1.64. The Bertz CT molecular complexity index is 275. The van der Waals surface area contributed by atoms with Crippen LogP contribution in [0.4, 0.5) is 0 Å². The fourth-order valence-corrected chi connectivity index (χ4v) is 2.49. The quantitative estimate of drug-likeness (QED) is 0.662. The highest BCUT2D eigenvalue weighted by molar-refractivity contribution is 5.78. The summed E-state index contributed by atoms with van der Waals surface area (Å²) in [5.41, 5.74) is 0. The zero-order chi connectivity index (χ0) is 12.1. The maximum Gasteiger partial charge on any atom is 0.223 e. The summed E-state index contributed by atoms with van der Waals surface area (Å²) in [6, 6.07) is 0. The van der Waals surface area contributed by atoms with E-state index in [1.165, 1.54) is 0 Å². The zero-order valence-corrected chi connectivity index (χ0v) is 10.4. The summed E-state index contributed by atoms with van der Waals surface area (Å²) < 4.78 is 5.31. The maximum atomic E-state index is 11.7. The van der Waals surface area contributed by atoms with E-state index in [2.05, 4.69) is 11.5 Å². The van der Waals surface area contributed by atoms with Crippen molar-refractivity contribution in [1.29, 1.82) is 0 Å². The summed E-state index contributed by atoms with van der Waals surface area (Å²) in [5, 5.41) is 0. The van der Waals surface area contributed by atoms with Crippen molar-refractivity contribution in [2.75, 3.05) is 45.9 Å². The lowest BCUT2D eigenvalue weighted by Crippen LogP contribution is -2.38. The molecule has 0 aromatic rings. The summed E-state index contributed by atoms with van der Waals surface area (Å²) >= 11 is 0. The van der Waals surface area contributed by atoms with Gasteiger partial charge in [-0.05, 0) is 6.42 Å². The number of hydrogen-bond acceptors (Lipinski definition) is 3. The van der Waals surface area contributed by atoms with E-state index >= 15 is 0 Å². The molecule has 0 aliphatic carbocycles. The minimum Gasteiger partial charge on any atom is -0.379 e. The van der Waals surface area contributed by atoms with Gasteiger partial charge in [0.2, 0.25) is 5.91 Å². The van der Waals surface area contributed by atoms with E-state index in [1.807, 2.05) is 11.0 Å². The maximum absolute atomic E-state index is 11.7. The van der Waals surface area contributed by atoms with Gasteiger partial charge in [0.05, 0.1) is 13.2 Å². The molecular formula is C13H22N2O2. The van der Waals surface area contributed by atoms with Gasteiger partial charge in [0.15, 0.2) is 0 Å². The third-order valence-corrected chi connectivity index (χ3v) is 3.58. The molecule has 2 fully saturated rings. The number of nitrogens with zero attached hydrogens (tertiary/aromatic N) is 2. The first kappa shape index (κ1) is 12.6. The van der Waals surface area contributed by atoms with Gasteiger partial charge in [-0.3, -0.25) is 9.69 Å². The van der Waals surface area contributed by atoms with Crippen LogP contribution < -0.4 is 0 Å². The van der Waals surface area contributed by atoms with Gasteiger partial charge in [-0.1, -0.05) is 6.08 Å². The predicted molar refractivity (Wildman–Crippen MR) is 66.8 cm³/mol. The zero-order valence-electron chi connectivity index (χ0n) is 10.4. The Morgan fingerprint density at radius 1 is 1.35 bits per heavy atom. The summed E-state index contributed by atoms with van der Waals surface area (Å²) in [6.07, 6.45) is 3.62. The number of amides is 1. The van der Waals surface area contributed by atoms with Crippen LogP contribution in [0.3, 0.4) is 0 Å². The van der Waals surface area contributed by atoms with Crippen LogP contribution in [0.2, 0.25) is 0 Å². The molecular weight excluding hydrogens is 216 g/mol. The highest BCUT2D eigenvalue weighted by Crippen LogP contribution is 2.18. The summed E-state index contributed by atoms with van der Waals surface area (Å²) in [4.78, 5) is 16.1. The molecule has 0 N–H and O–H groups in total. The highest BCUT2D eigenvalue weighted by Gasteiger charge is 2.26. The lowest BCUT2D eigenvalue weighted by atomic mass is 10.1. The van der Waals surface area contributed by atoms with Gasteiger partial charge in [-0.25, -0.2) is 0 Å². The molecule has 96 valence electrons. The Morgan fingerprint density at radius 2 is 2.12 bits per heavy atom. The van der Waals surface area contributed by atoms with Crippen molar-refractivity contribution < 1.29 is 9.53 Å². The predicted octanol–water partition coefficient (Wildman–Crippen LogP) is 0.743. The number of carbonyl (C=O) groups excluding carboxylic acids is 1. The van der Waals surface area contributed by atoms with Crippen LogP contribution >= 0.6 is 0 Å². The molecule has 2 saturated heterocycles. The normalized spacial score (nSPS) is 26.5. The van der Waals surface area contributed by atoms with E-state index in [4.69, 9.17) is 4.74 Å². The van der Waals surface area contributed by atoms with Crippen molar-refractivity contribution in [3.8, 4) is 0 Å². The molecule has 1 unspecified atom stereocenters. The van der Waals surface area contributed by atoms with Crippen molar-refractivity contribution in [3.05, 3.63) is 12.7 Å². The second-order valence-electron chi connectivity index (χ2n) is 4.85. The Labute approximate surface area is 103 Å². The van der Waals surface area contributed by atoms with Crippen LogP contribution in [-0.4, -0.2) is 61.6 Å². The molecule has 4 nitrogen and oxygen atoms in total. The average molecular weight is 238 g/mol. The van der Waals surface area contributed by atoms with Gasteiger partial charge in [0.1, 0.15) is 0 Å². The van der Waals surface area contributed by atoms with E-state index in [-0.39, 0.29) is 5.91 Å². The first-order valence-electron chi connectivity index (χ1n) is 6.50. The van der Waals surface area contributed by atoms with Crippen molar-refractivity contribution in [1.82, 2.24) is 9.80 Å².